The van der Waals surface area contributed by atoms with Gasteiger partial charge >= 0.3 is 6.18 Å². The van der Waals surface area contributed by atoms with Crippen LogP contribution < -0.4 is 5.73 Å². The fourth-order valence-corrected chi connectivity index (χ4v) is 1.16. The fraction of sp³-hybridized carbons (Fsp3) is 0.444. The Bertz CT molecular complexity index is 307. The molecule has 0 aliphatic carbocycles. The van der Waals surface area contributed by atoms with Crippen LogP contribution in [0.25, 0.3) is 0 Å². The minimum atomic E-state index is -4.35. The summed E-state index contributed by atoms with van der Waals surface area (Å²) in [7, 11) is 0. The second kappa shape index (κ2) is 3.96. The van der Waals surface area contributed by atoms with Gasteiger partial charge in [-0.3, -0.25) is 4.98 Å². The van der Waals surface area contributed by atoms with Gasteiger partial charge < -0.3 is 5.73 Å². The van der Waals surface area contributed by atoms with Crippen molar-refractivity contribution in [2.75, 3.05) is 0 Å². The van der Waals surface area contributed by atoms with Crippen molar-refractivity contribution < 1.29 is 13.2 Å². The molecule has 0 amide bonds. The molecule has 1 rings (SSSR count). The normalized spacial score (nSPS) is 14.1. The molecule has 1 aromatic heterocycles. The summed E-state index contributed by atoms with van der Waals surface area (Å²) in [5.41, 5.74) is 4.74. The Morgan fingerprint density at radius 3 is 2.64 bits per heavy atom. The maximum Gasteiger partial charge on any atom is 0.418 e. The Morgan fingerprint density at radius 1 is 1.50 bits per heavy atom. The Kier molecular flexibility index (Phi) is 3.10. The topological polar surface area (TPSA) is 38.9 Å². The van der Waals surface area contributed by atoms with Crippen LogP contribution in [0.2, 0.25) is 0 Å². The molecule has 1 aromatic rings. The van der Waals surface area contributed by atoms with E-state index in [4.69, 9.17) is 5.73 Å². The Hall–Kier alpha value is -1.10. The molecular weight excluding hydrogens is 193 g/mol. The lowest BCUT2D eigenvalue weighted by Crippen LogP contribution is -2.21. The highest BCUT2D eigenvalue weighted by Gasteiger charge is 2.33. The van der Waals surface area contributed by atoms with Crippen LogP contribution in [0.15, 0.2) is 18.3 Å². The molecule has 2 nitrogen and oxygen atoms in total. The number of alkyl halides is 3. The summed E-state index contributed by atoms with van der Waals surface area (Å²) in [6.07, 6.45) is -2.87. The standard InChI is InChI=1S/C9H11F3N2/c1-6(13)5-8-7(9(10,11)12)3-2-4-14-8/h2-4,6H,5,13H2,1H3/t6-/m0/s1. The SMILES string of the molecule is C[C@H](N)Cc1ncccc1C(F)(F)F. The number of pyridine rings is 1. The van der Waals surface area contributed by atoms with Gasteiger partial charge in [-0.25, -0.2) is 0 Å². The highest BCUT2D eigenvalue weighted by Crippen LogP contribution is 2.31. The van der Waals surface area contributed by atoms with E-state index in [-0.39, 0.29) is 18.2 Å². The van der Waals surface area contributed by atoms with E-state index in [1.54, 1.807) is 6.92 Å². The molecule has 0 aromatic carbocycles. The molecule has 14 heavy (non-hydrogen) atoms. The first-order valence-electron chi connectivity index (χ1n) is 4.18. The van der Waals surface area contributed by atoms with E-state index in [0.29, 0.717) is 0 Å². The van der Waals surface area contributed by atoms with Crippen molar-refractivity contribution in [1.29, 1.82) is 0 Å². The Morgan fingerprint density at radius 2 is 2.14 bits per heavy atom. The third-order valence-electron chi connectivity index (χ3n) is 1.71. The predicted molar refractivity (Wildman–Crippen MR) is 46.6 cm³/mol. The molecule has 0 spiro atoms. The average Bonchev–Trinajstić information content (AvgIpc) is 2.01. The zero-order chi connectivity index (χ0) is 10.8. The summed E-state index contributed by atoms with van der Waals surface area (Å²) in [6.45, 7) is 1.65. The van der Waals surface area contributed by atoms with Crippen molar-refractivity contribution in [3.05, 3.63) is 29.6 Å². The molecule has 1 atom stereocenters. The van der Waals surface area contributed by atoms with Crippen LogP contribution >= 0.6 is 0 Å². The van der Waals surface area contributed by atoms with Crippen molar-refractivity contribution in [2.45, 2.75) is 25.6 Å². The first-order chi connectivity index (χ1) is 6.41. The van der Waals surface area contributed by atoms with Crippen LogP contribution in [-0.2, 0) is 12.6 Å². The maximum absolute atomic E-state index is 12.4. The first-order valence-corrected chi connectivity index (χ1v) is 4.18. The molecule has 0 saturated heterocycles. The molecule has 0 aliphatic rings. The van der Waals surface area contributed by atoms with Gasteiger partial charge in [-0.15, -0.1) is 0 Å². The van der Waals surface area contributed by atoms with E-state index < -0.39 is 11.7 Å². The summed E-state index contributed by atoms with van der Waals surface area (Å²) in [6, 6.07) is 1.96. The summed E-state index contributed by atoms with van der Waals surface area (Å²) in [5, 5.41) is 0. The lowest BCUT2D eigenvalue weighted by molar-refractivity contribution is -0.138. The Labute approximate surface area is 79.9 Å². The van der Waals surface area contributed by atoms with E-state index in [1.165, 1.54) is 12.3 Å². The van der Waals surface area contributed by atoms with E-state index >= 15 is 0 Å². The molecule has 1 heterocycles. The Balaban J connectivity index is 3.04. The van der Waals surface area contributed by atoms with Crippen molar-refractivity contribution in [1.82, 2.24) is 4.98 Å². The molecular formula is C9H11F3N2. The number of nitrogens with zero attached hydrogens (tertiary/aromatic N) is 1. The molecule has 0 fully saturated rings. The van der Waals surface area contributed by atoms with Gasteiger partial charge in [0.15, 0.2) is 0 Å². The van der Waals surface area contributed by atoms with E-state index in [9.17, 15) is 13.2 Å². The van der Waals surface area contributed by atoms with Crippen LogP contribution in [0.5, 0.6) is 0 Å². The number of hydrogen-bond donors (Lipinski definition) is 1. The van der Waals surface area contributed by atoms with Crippen LogP contribution in [0.3, 0.4) is 0 Å². The van der Waals surface area contributed by atoms with Crippen molar-refractivity contribution in [3.63, 3.8) is 0 Å². The van der Waals surface area contributed by atoms with Crippen molar-refractivity contribution in [2.24, 2.45) is 5.73 Å². The number of aromatic nitrogens is 1. The van der Waals surface area contributed by atoms with E-state index in [1.807, 2.05) is 0 Å². The predicted octanol–water partition coefficient (Wildman–Crippen LogP) is 1.99. The monoisotopic (exact) mass is 204 g/mol. The van der Waals surface area contributed by atoms with E-state index in [2.05, 4.69) is 4.98 Å². The number of hydrogen-bond acceptors (Lipinski definition) is 2. The number of nitrogens with two attached hydrogens (primary N) is 1. The molecule has 0 aliphatic heterocycles. The summed E-state index contributed by atoms with van der Waals surface area (Å²) < 4.78 is 37.3. The minimum Gasteiger partial charge on any atom is -0.328 e. The van der Waals surface area contributed by atoms with E-state index in [0.717, 1.165) is 6.07 Å². The quantitative estimate of drug-likeness (QED) is 0.800. The molecule has 0 unspecified atom stereocenters. The van der Waals surface area contributed by atoms with Gasteiger partial charge in [0.05, 0.1) is 11.3 Å². The smallest absolute Gasteiger partial charge is 0.328 e. The zero-order valence-electron chi connectivity index (χ0n) is 7.67. The van der Waals surface area contributed by atoms with Crippen molar-refractivity contribution >= 4 is 0 Å². The van der Waals surface area contributed by atoms with Crippen LogP contribution in [0.1, 0.15) is 18.2 Å². The summed E-state index contributed by atoms with van der Waals surface area (Å²) >= 11 is 0. The zero-order valence-corrected chi connectivity index (χ0v) is 7.67. The molecule has 2 N–H and O–H groups in total. The second-order valence-electron chi connectivity index (χ2n) is 3.18. The van der Waals surface area contributed by atoms with Gasteiger partial charge in [0.25, 0.3) is 0 Å². The summed E-state index contributed by atoms with van der Waals surface area (Å²) in [5.74, 6) is 0. The van der Waals surface area contributed by atoms with Gasteiger partial charge in [-0.1, -0.05) is 0 Å². The highest BCUT2D eigenvalue weighted by molar-refractivity contribution is 5.23. The molecule has 0 bridgehead atoms. The summed E-state index contributed by atoms with van der Waals surface area (Å²) in [4.78, 5) is 3.69. The first kappa shape index (κ1) is 11.0. The fourth-order valence-electron chi connectivity index (χ4n) is 1.16. The van der Waals surface area contributed by atoms with Gasteiger partial charge in [-0.05, 0) is 19.1 Å². The van der Waals surface area contributed by atoms with Gasteiger partial charge in [0, 0.05) is 18.7 Å². The molecule has 5 heteroatoms. The lowest BCUT2D eigenvalue weighted by Gasteiger charge is -2.12. The molecule has 0 saturated carbocycles. The third-order valence-corrected chi connectivity index (χ3v) is 1.71. The van der Waals surface area contributed by atoms with Crippen LogP contribution in [0, 0.1) is 0 Å². The molecule has 0 radical (unpaired) electrons. The highest BCUT2D eigenvalue weighted by atomic mass is 19.4. The van der Waals surface area contributed by atoms with Crippen LogP contribution in [-0.4, -0.2) is 11.0 Å². The van der Waals surface area contributed by atoms with Gasteiger partial charge in [-0.2, -0.15) is 13.2 Å². The number of halogens is 3. The third kappa shape index (κ3) is 2.70. The number of rotatable bonds is 2. The molecule has 78 valence electrons. The van der Waals surface area contributed by atoms with Crippen LogP contribution in [0.4, 0.5) is 13.2 Å². The second-order valence-corrected chi connectivity index (χ2v) is 3.18. The maximum atomic E-state index is 12.4. The minimum absolute atomic E-state index is 0.00926. The largest absolute Gasteiger partial charge is 0.418 e. The average molecular weight is 204 g/mol. The van der Waals surface area contributed by atoms with Gasteiger partial charge in [0.2, 0.25) is 0 Å². The lowest BCUT2D eigenvalue weighted by atomic mass is 10.1. The van der Waals surface area contributed by atoms with Gasteiger partial charge in [0.1, 0.15) is 0 Å². The van der Waals surface area contributed by atoms with Crippen molar-refractivity contribution in [3.8, 4) is 0 Å².